The average molecular weight is 279 g/mol. The summed E-state index contributed by atoms with van der Waals surface area (Å²) in [7, 11) is -0.0486. The van der Waals surface area contributed by atoms with E-state index in [9.17, 15) is 8.42 Å². The minimum Gasteiger partial charge on any atom is -0.275 e. The Balaban J connectivity index is 2.25. The Hall–Kier alpha value is -1.66. The molecule has 1 heterocycles. The monoisotopic (exact) mass is 279 g/mol. The molecule has 0 radical (unpaired) electrons. The maximum Gasteiger partial charge on any atom is 0.243 e. The third-order valence-corrected chi connectivity index (χ3v) is 4.78. The molecular weight excluding hydrogens is 262 g/mol. The molecule has 0 aliphatic rings. The molecule has 0 atom stereocenters. The van der Waals surface area contributed by atoms with Crippen LogP contribution in [-0.4, -0.2) is 29.6 Å². The summed E-state index contributed by atoms with van der Waals surface area (Å²) in [4.78, 5) is 0.305. The van der Waals surface area contributed by atoms with Gasteiger partial charge in [0.2, 0.25) is 10.0 Å². The van der Waals surface area contributed by atoms with E-state index < -0.39 is 10.0 Å². The summed E-state index contributed by atoms with van der Waals surface area (Å²) < 4.78 is 27.7. The third-order valence-electron chi connectivity index (χ3n) is 2.96. The molecule has 1 aromatic carbocycles. The van der Waals surface area contributed by atoms with Crippen LogP contribution in [0.25, 0.3) is 0 Å². The van der Waals surface area contributed by atoms with Gasteiger partial charge in [-0.15, -0.1) is 0 Å². The lowest BCUT2D eigenvalue weighted by molar-refractivity contribution is 0.466. The van der Waals surface area contributed by atoms with Crippen molar-refractivity contribution in [3.8, 4) is 0 Å². The van der Waals surface area contributed by atoms with Crippen LogP contribution in [0.5, 0.6) is 0 Å². The molecule has 102 valence electrons. The molecule has 0 aliphatic carbocycles. The first-order chi connectivity index (χ1) is 8.91. The first-order valence-electron chi connectivity index (χ1n) is 5.92. The second-order valence-corrected chi connectivity index (χ2v) is 6.53. The lowest BCUT2D eigenvalue weighted by Crippen LogP contribution is -2.26. The Morgan fingerprint density at radius 3 is 2.42 bits per heavy atom. The zero-order valence-electron chi connectivity index (χ0n) is 11.2. The molecule has 0 N–H and O–H groups in total. The van der Waals surface area contributed by atoms with Gasteiger partial charge in [0.25, 0.3) is 0 Å². The Kier molecular flexibility index (Phi) is 3.73. The quantitative estimate of drug-likeness (QED) is 0.853. The SMILES string of the molecule is Cc1nn(C)cc1CN(C)S(=O)(=O)c1ccccc1. The van der Waals surface area contributed by atoms with E-state index >= 15 is 0 Å². The molecule has 19 heavy (non-hydrogen) atoms. The van der Waals surface area contributed by atoms with Gasteiger partial charge in [0.15, 0.2) is 0 Å². The number of nitrogens with zero attached hydrogens (tertiary/aromatic N) is 3. The molecule has 0 aliphatic heterocycles. The second kappa shape index (κ2) is 5.14. The van der Waals surface area contributed by atoms with E-state index in [2.05, 4.69) is 5.10 Å². The van der Waals surface area contributed by atoms with Crippen LogP contribution in [-0.2, 0) is 23.6 Å². The maximum atomic E-state index is 12.4. The van der Waals surface area contributed by atoms with Gasteiger partial charge in [-0.2, -0.15) is 9.40 Å². The Labute approximate surface area is 113 Å². The Bertz CT molecular complexity index is 662. The van der Waals surface area contributed by atoms with E-state index in [1.165, 1.54) is 4.31 Å². The van der Waals surface area contributed by atoms with Gasteiger partial charge in [-0.3, -0.25) is 4.68 Å². The fraction of sp³-hybridized carbons (Fsp3) is 0.308. The van der Waals surface area contributed by atoms with E-state index in [0.29, 0.717) is 11.4 Å². The predicted octanol–water partition coefficient (Wildman–Crippen LogP) is 1.55. The molecule has 2 aromatic rings. The number of hydrogen-bond acceptors (Lipinski definition) is 3. The van der Waals surface area contributed by atoms with Crippen LogP contribution in [0.3, 0.4) is 0 Å². The molecule has 0 amide bonds. The van der Waals surface area contributed by atoms with E-state index in [1.807, 2.05) is 20.2 Å². The molecule has 0 unspecified atom stereocenters. The number of benzene rings is 1. The van der Waals surface area contributed by atoms with Gasteiger partial charge in [0.1, 0.15) is 0 Å². The van der Waals surface area contributed by atoms with Crippen LogP contribution >= 0.6 is 0 Å². The maximum absolute atomic E-state index is 12.4. The molecule has 1 aromatic heterocycles. The zero-order chi connectivity index (χ0) is 14.0. The highest BCUT2D eigenvalue weighted by Crippen LogP contribution is 2.17. The van der Waals surface area contributed by atoms with Crippen LogP contribution in [0, 0.1) is 6.92 Å². The summed E-state index contributed by atoms with van der Waals surface area (Å²) in [5, 5.41) is 4.21. The summed E-state index contributed by atoms with van der Waals surface area (Å²) >= 11 is 0. The van der Waals surface area contributed by atoms with E-state index in [0.717, 1.165) is 11.3 Å². The van der Waals surface area contributed by atoms with Crippen LogP contribution in [0.1, 0.15) is 11.3 Å². The summed E-state index contributed by atoms with van der Waals surface area (Å²) in [5.41, 5.74) is 1.75. The van der Waals surface area contributed by atoms with E-state index in [1.54, 1.807) is 42.1 Å². The predicted molar refractivity (Wildman–Crippen MR) is 73.0 cm³/mol. The van der Waals surface area contributed by atoms with E-state index in [4.69, 9.17) is 0 Å². The molecule has 0 spiro atoms. The average Bonchev–Trinajstić information content (AvgIpc) is 2.69. The lowest BCUT2D eigenvalue weighted by Gasteiger charge is -2.16. The van der Waals surface area contributed by atoms with Crippen LogP contribution in [0.4, 0.5) is 0 Å². The molecule has 0 bridgehead atoms. The zero-order valence-corrected chi connectivity index (χ0v) is 12.1. The first-order valence-corrected chi connectivity index (χ1v) is 7.36. The first kappa shape index (κ1) is 13.8. The second-order valence-electron chi connectivity index (χ2n) is 4.49. The smallest absolute Gasteiger partial charge is 0.243 e. The molecule has 0 saturated heterocycles. The number of aromatic nitrogens is 2. The number of rotatable bonds is 4. The molecule has 0 saturated carbocycles. The van der Waals surface area contributed by atoms with Crippen molar-refractivity contribution in [2.45, 2.75) is 18.4 Å². The standard InChI is InChI=1S/C13H17N3O2S/c1-11-12(9-15(2)14-11)10-16(3)19(17,18)13-7-5-4-6-8-13/h4-9H,10H2,1-3H3. The van der Waals surface area contributed by atoms with Crippen molar-refractivity contribution in [2.75, 3.05) is 7.05 Å². The van der Waals surface area contributed by atoms with Crippen molar-refractivity contribution in [1.82, 2.24) is 14.1 Å². The minimum absolute atomic E-state index is 0.305. The van der Waals surface area contributed by atoms with Crippen LogP contribution in [0.2, 0.25) is 0 Å². The van der Waals surface area contributed by atoms with Crippen LogP contribution in [0.15, 0.2) is 41.4 Å². The van der Waals surface area contributed by atoms with Crippen molar-refractivity contribution in [2.24, 2.45) is 7.05 Å². The van der Waals surface area contributed by atoms with Gasteiger partial charge >= 0.3 is 0 Å². The van der Waals surface area contributed by atoms with Crippen molar-refractivity contribution in [3.05, 3.63) is 47.8 Å². The molecule has 5 nitrogen and oxygen atoms in total. The summed E-state index contributed by atoms with van der Waals surface area (Å²) in [6.07, 6.45) is 1.84. The van der Waals surface area contributed by atoms with Crippen molar-refractivity contribution >= 4 is 10.0 Å². The van der Waals surface area contributed by atoms with Gasteiger partial charge in [-0.25, -0.2) is 8.42 Å². The molecule has 6 heteroatoms. The highest BCUT2D eigenvalue weighted by Gasteiger charge is 2.21. The van der Waals surface area contributed by atoms with Gasteiger partial charge in [-0.1, -0.05) is 18.2 Å². The normalized spacial score (nSPS) is 12.0. The highest BCUT2D eigenvalue weighted by atomic mass is 32.2. The van der Waals surface area contributed by atoms with Crippen molar-refractivity contribution in [3.63, 3.8) is 0 Å². The topological polar surface area (TPSA) is 55.2 Å². The van der Waals surface area contributed by atoms with Crippen molar-refractivity contribution < 1.29 is 8.42 Å². The summed E-state index contributed by atoms with van der Waals surface area (Å²) in [6, 6.07) is 8.43. The number of aryl methyl sites for hydroxylation is 2. The highest BCUT2D eigenvalue weighted by molar-refractivity contribution is 7.89. The van der Waals surface area contributed by atoms with E-state index in [-0.39, 0.29) is 0 Å². The molecular formula is C13H17N3O2S. The van der Waals surface area contributed by atoms with Gasteiger partial charge in [0.05, 0.1) is 10.6 Å². The van der Waals surface area contributed by atoms with Gasteiger partial charge in [0, 0.05) is 32.4 Å². The number of sulfonamides is 1. The van der Waals surface area contributed by atoms with Crippen molar-refractivity contribution in [1.29, 1.82) is 0 Å². The van der Waals surface area contributed by atoms with Crippen LogP contribution < -0.4 is 0 Å². The lowest BCUT2D eigenvalue weighted by atomic mass is 10.3. The van der Waals surface area contributed by atoms with Gasteiger partial charge < -0.3 is 0 Å². The third kappa shape index (κ3) is 2.85. The summed E-state index contributed by atoms with van der Waals surface area (Å²) in [6.45, 7) is 2.19. The number of hydrogen-bond donors (Lipinski definition) is 0. The largest absolute Gasteiger partial charge is 0.275 e. The Morgan fingerprint density at radius 1 is 1.26 bits per heavy atom. The molecule has 2 rings (SSSR count). The fourth-order valence-corrected chi connectivity index (χ4v) is 3.07. The Morgan fingerprint density at radius 2 is 1.89 bits per heavy atom. The molecule has 0 fully saturated rings. The van der Waals surface area contributed by atoms with Gasteiger partial charge in [-0.05, 0) is 19.1 Å². The fourth-order valence-electron chi connectivity index (χ4n) is 1.90. The minimum atomic E-state index is -3.45. The summed E-state index contributed by atoms with van der Waals surface area (Å²) in [5.74, 6) is 0.